The van der Waals surface area contributed by atoms with Gasteiger partial charge in [0.1, 0.15) is 34.6 Å². The minimum atomic E-state index is -0.750. The van der Waals surface area contributed by atoms with Crippen LogP contribution in [0.25, 0.3) is 16.9 Å². The van der Waals surface area contributed by atoms with Gasteiger partial charge in [-0.15, -0.1) is 43.2 Å². The van der Waals surface area contributed by atoms with E-state index in [1.807, 2.05) is 0 Å². The smallest absolute Gasteiger partial charge is 1.00 e. The summed E-state index contributed by atoms with van der Waals surface area (Å²) in [5, 5.41) is 53.5. The Balaban J connectivity index is -0.000000351. The summed E-state index contributed by atoms with van der Waals surface area (Å²) in [4.78, 5) is 113. The number of terminal acetylenes is 2. The molecule has 0 radical (unpaired) electrons. The summed E-state index contributed by atoms with van der Waals surface area (Å²) in [5.74, 6) is 0.390. The van der Waals surface area contributed by atoms with Gasteiger partial charge in [0.25, 0.3) is 18.3 Å². The molecule has 43 heteroatoms. The largest absolute Gasteiger partial charge is 1.00 e. The monoisotopic (exact) mass is 2030 g/mol. The number of Topliss-reactive ketones (excluding diaryl/α,β-unsaturated/α-hetero) is 2. The molecule has 694 valence electrons. The second kappa shape index (κ2) is 70.2. The van der Waals surface area contributed by atoms with Crippen molar-refractivity contribution in [1.82, 2.24) is 45.9 Å². The van der Waals surface area contributed by atoms with Crippen LogP contribution in [0, 0.1) is 121 Å². The number of anilines is 9. The number of halogens is 7. The Morgan fingerprint density at radius 1 is 0.609 bits per heavy atom. The number of hydrogen-bond acceptors (Lipinski definition) is 26. The van der Waals surface area contributed by atoms with Crippen LogP contribution in [0.5, 0.6) is 0 Å². The van der Waals surface area contributed by atoms with Crippen molar-refractivity contribution in [1.29, 1.82) is 0 Å². The van der Waals surface area contributed by atoms with Crippen LogP contribution in [0.2, 0.25) is 5.15 Å². The van der Waals surface area contributed by atoms with Gasteiger partial charge in [-0.2, -0.15) is 9.90 Å². The van der Waals surface area contributed by atoms with Crippen molar-refractivity contribution in [2.75, 3.05) is 39.3 Å². The van der Waals surface area contributed by atoms with Gasteiger partial charge < -0.3 is 65.6 Å². The first-order valence-electron chi connectivity index (χ1n) is 38.1. The fraction of sp³-hybridized carbons (Fsp3) is 0.267. The zero-order valence-electron chi connectivity index (χ0n) is 76.4. The van der Waals surface area contributed by atoms with E-state index in [9.17, 15) is 71.3 Å². The number of hydrogen-bond donors (Lipinski definition) is 8. The molecule has 3 aliphatic rings. The Kier molecular flexibility index (Phi) is 70.2. The molecule has 11 aromatic rings. The molecule has 3 fully saturated rings. The molecule has 0 aliphatic heterocycles. The first kappa shape index (κ1) is 133. The molecule has 14 rings (SSSR count). The third-order valence-corrected chi connectivity index (χ3v) is 16.7. The van der Waals surface area contributed by atoms with Gasteiger partial charge in [-0.3, -0.25) is 48.8 Å². The number of nitrogens with one attached hydrogen (secondary N) is 5. The summed E-state index contributed by atoms with van der Waals surface area (Å²) in [6, 6.07) is 39.8. The molecule has 0 bridgehead atoms. The van der Waals surface area contributed by atoms with Crippen molar-refractivity contribution >= 4 is 144 Å². The molecule has 1 unspecified atom stereocenters. The Labute approximate surface area is 926 Å². The minimum absolute atomic E-state index is 0. The number of imidazole rings is 1. The molecule has 3 aliphatic carbocycles. The Morgan fingerprint density at radius 2 is 0.992 bits per heavy atom. The number of esters is 1. The molecule has 31 nitrogen and oxygen atoms in total. The predicted octanol–water partition coefficient (Wildman–Crippen LogP) is 8.52. The molecule has 12 N–H and O–H groups in total. The first-order chi connectivity index (χ1) is 59.4. The molecule has 6 heterocycles. The molecule has 1 atom stereocenters. The molecule has 133 heavy (non-hydrogen) atoms. The maximum atomic E-state index is 14.0. The number of fused-ring (bicyclic) bond motifs is 1. The number of aromatic nitrogens is 7. The number of rotatable bonds is 20. The molecule has 0 spiro atoms. The number of nitrogens with zero attached hydrogens (tertiary/aromatic N) is 9. The fourth-order valence-electron chi connectivity index (χ4n) is 9.57. The van der Waals surface area contributed by atoms with Gasteiger partial charge in [0.15, 0.2) is 17.3 Å². The normalized spacial score (nSPS) is 10.8. The quantitative estimate of drug-likeness (QED) is 0.00288. The SMILES string of the molecule is C.C#C.C#CC.CC(C)(C)[O-].CCOC(=O)C(=O)CC1CC1.Cc1ccc(-n2c(C(=O)NC3CC3)nc3cccnc32)cc1F.Cc1ccc(N)cc1F.Cc1ccc(Nc2ncccc2N)cc1F.Cc1ccc(Nc2ncccc2NC(=O)C(=O)CC2CC2)cc1F.Cc1ccc(Nc2ncccc2[N+](=O)[O-])cc1F.Cl.N.O=CO[O-].O=[N+]([O-])c1cccnc1Cl.P.[H-].[K+].[K+].[K+].[Zn]. The molecular formula is C90H106Cl2F5K3N17O14PZn. The van der Waals surface area contributed by atoms with E-state index in [0.29, 0.717) is 109 Å². The van der Waals surface area contributed by atoms with Crippen LogP contribution in [0.15, 0.2) is 183 Å². The zero-order valence-corrected chi connectivity index (χ0v) is 90.7. The fourth-order valence-corrected chi connectivity index (χ4v) is 9.76. The second-order valence-electron chi connectivity index (χ2n) is 28.0. The number of benzene rings is 5. The number of carbonyl (C=O) groups is 6. The van der Waals surface area contributed by atoms with Crippen LogP contribution in [-0.2, 0) is 53.1 Å². The summed E-state index contributed by atoms with van der Waals surface area (Å²) < 4.78 is 72.9. The average molecular weight is 2030 g/mol. The molecule has 3 saturated carbocycles. The van der Waals surface area contributed by atoms with Gasteiger partial charge in [-0.1, -0.05) is 70.1 Å². The van der Waals surface area contributed by atoms with E-state index < -0.39 is 33.1 Å². The average Bonchev–Trinajstić information content (AvgIpc) is 1.62. The number of nitro groups is 2. The molecule has 2 amide bonds. The number of carbonyl (C=O) groups excluding carboxylic acids is 6. The van der Waals surface area contributed by atoms with E-state index in [0.717, 1.165) is 38.5 Å². The molecule has 6 aromatic heterocycles. The number of aryl methyl sites for hydroxylation is 5. The van der Waals surface area contributed by atoms with Crippen LogP contribution in [-0.4, -0.2) is 98.4 Å². The topological polar surface area (TPSA) is 483 Å². The van der Waals surface area contributed by atoms with Crippen LogP contribution >= 0.6 is 33.9 Å². The Morgan fingerprint density at radius 3 is 1.40 bits per heavy atom. The number of amides is 2. The van der Waals surface area contributed by atoms with E-state index in [-0.39, 0.29) is 305 Å². The van der Waals surface area contributed by atoms with Crippen LogP contribution < -0.4 is 209 Å². The van der Waals surface area contributed by atoms with Crippen LogP contribution in [0.4, 0.5) is 84.9 Å². The summed E-state index contributed by atoms with van der Waals surface area (Å²) in [5.41, 5.74) is 17.4. The standard InChI is InChI=1S/C18H18FN3O2.C17H15FN4O.C12H10FN3O2.C12H12FN3.C8H12O3.C7H8FN.C5H3ClN2O2.C4H9O.C3H4.C2H2.CH2O3.CH4.ClH.3K.H3N.H3P.Zn.H/c1-11-4-7-13(10-14(11)19)21-17-15(3-2-8-20-17)22-18(24)16(23)9-12-5-6-12;1-10-4-7-12(9-13(10)18)22-15-14(3-2-8-19-15)21-16(22)17(23)20-11-5-6-11;1-8-4-5-9(7-10(8)13)15-12-11(16(17)18)3-2-6-14-12;1-8-4-5-9(7-10(8)13)16-12-11(14)3-2-6-15-12;1-2-11-8(10)7(9)5-6-3-4-6;1-5-2-3-6(9)4-7(5)8;6-5-4(8(9)10)2-1-3-7-5;1-4(2,3)5;1-3-2;1-2;2-1-4-3;;;;;;;;;/h2-4,7-8,10,12H,5-6,9H2,1H3,(H,20,21)(H,22,24);2-4,7-9,11H,5-6H2,1H3,(H,20,23);2-7H,1H3,(H,14,15);2-7H,14H2,1H3,(H,15,16);6H,2-5H2,1H3;2-4H,9H2,1H3;1-3H;1-3H3;1H,2H3;1-2H;1,3H;1H4;1H;;;;2*1H3;;/q;;;;;;;-1;;;;;;3*+1;;;;-1/p-1. The zero-order chi connectivity index (χ0) is 93.0. The van der Waals surface area contributed by atoms with Crippen molar-refractivity contribution in [2.24, 2.45) is 11.8 Å². The summed E-state index contributed by atoms with van der Waals surface area (Å²) in [6.45, 7) is 16.8. The van der Waals surface area contributed by atoms with Gasteiger partial charge >= 0.3 is 171 Å². The number of nitrogens with two attached hydrogens (primary N) is 2. The number of ether oxygens (including phenoxy) is 1. The third-order valence-electron chi connectivity index (χ3n) is 16.4. The van der Waals surface area contributed by atoms with Gasteiger partial charge in [0, 0.05) is 104 Å². The van der Waals surface area contributed by atoms with Gasteiger partial charge in [-0.25, -0.2) is 56.7 Å². The van der Waals surface area contributed by atoms with Crippen molar-refractivity contribution in [3.63, 3.8) is 0 Å². The molecular weight excluding hydrogens is 1920 g/mol. The van der Waals surface area contributed by atoms with Crippen molar-refractivity contribution in [3.05, 3.63) is 271 Å². The van der Waals surface area contributed by atoms with E-state index in [1.54, 1.807) is 189 Å². The van der Waals surface area contributed by atoms with E-state index in [4.69, 9.17) is 33.1 Å². The number of nitrogen functional groups attached to an aromatic ring is 2. The number of ketones is 2. The summed E-state index contributed by atoms with van der Waals surface area (Å²) >= 11 is 5.37. The maximum absolute atomic E-state index is 14.0. The summed E-state index contributed by atoms with van der Waals surface area (Å²) in [6.07, 6.45) is 27.1. The van der Waals surface area contributed by atoms with Gasteiger partial charge in [-0.05, 0) is 236 Å². The first-order valence-corrected chi connectivity index (χ1v) is 38.5. The Hall–Kier alpha value is -8.47. The van der Waals surface area contributed by atoms with Gasteiger partial charge in [0.05, 0.1) is 33.5 Å². The van der Waals surface area contributed by atoms with Crippen LogP contribution in [0.1, 0.15) is 133 Å². The van der Waals surface area contributed by atoms with Crippen molar-refractivity contribution in [3.8, 4) is 30.9 Å². The number of pyridine rings is 5. The minimum Gasteiger partial charge on any atom is -1.00 e. The van der Waals surface area contributed by atoms with Gasteiger partial charge in [0.2, 0.25) is 28.4 Å². The van der Waals surface area contributed by atoms with Crippen molar-refractivity contribution in [2.45, 2.75) is 140 Å². The van der Waals surface area contributed by atoms with Crippen LogP contribution in [0.3, 0.4) is 0 Å². The molecule has 0 saturated heterocycles. The van der Waals surface area contributed by atoms with E-state index >= 15 is 0 Å². The second-order valence-corrected chi connectivity index (χ2v) is 28.4. The maximum Gasteiger partial charge on any atom is 1.00 e. The van der Waals surface area contributed by atoms with E-state index in [1.165, 1.54) is 67.0 Å². The predicted molar refractivity (Wildman–Crippen MR) is 495 cm³/mol. The van der Waals surface area contributed by atoms with E-state index in [2.05, 4.69) is 91.3 Å². The molecule has 5 aromatic carbocycles. The summed E-state index contributed by atoms with van der Waals surface area (Å²) in [7, 11) is 0. The van der Waals surface area contributed by atoms with Crippen molar-refractivity contribution < 1.29 is 256 Å². The third kappa shape index (κ3) is 51.3. The Bertz CT molecular complexity index is 5580.